The maximum atomic E-state index is 5.51. The Morgan fingerprint density at radius 3 is 2.18 bits per heavy atom. The molecule has 0 aliphatic rings. The van der Waals surface area contributed by atoms with Gasteiger partial charge in [0.05, 0.1) is 28.4 Å². The van der Waals surface area contributed by atoms with Gasteiger partial charge in [-0.25, -0.2) is 0 Å². The molecule has 0 atom stereocenters. The van der Waals surface area contributed by atoms with Gasteiger partial charge in [0.25, 0.3) is 0 Å². The van der Waals surface area contributed by atoms with Crippen LogP contribution in [0.4, 0.5) is 0 Å². The number of rotatable bonds is 8. The lowest BCUT2D eigenvalue weighted by atomic mass is 10.1. The normalized spacial score (nSPS) is 10.5. The Balaban J connectivity index is 0.00000392. The van der Waals surface area contributed by atoms with Crippen molar-refractivity contribution >= 4 is 29.9 Å². The van der Waals surface area contributed by atoms with Gasteiger partial charge in [0.2, 0.25) is 5.75 Å². The zero-order chi connectivity index (χ0) is 19.6. The Bertz CT molecular complexity index is 784. The third kappa shape index (κ3) is 6.08. The van der Waals surface area contributed by atoms with Gasteiger partial charge in [-0.05, 0) is 29.8 Å². The van der Waals surface area contributed by atoms with Crippen molar-refractivity contribution in [3.05, 3.63) is 47.5 Å². The standard InChI is InChI=1S/C20H27N3O4.HI/c1-21-20(22-12-14-7-6-8-16(11-14)24-2)23-13-15-9-10-17(25-3)19(27-5)18(15)26-4;/h6-11H,12-13H2,1-5H3,(H2,21,22,23);1H. The first-order valence-corrected chi connectivity index (χ1v) is 8.52. The van der Waals surface area contributed by atoms with E-state index in [1.807, 2.05) is 36.4 Å². The molecule has 2 aromatic carbocycles. The van der Waals surface area contributed by atoms with Crippen molar-refractivity contribution in [3.63, 3.8) is 0 Å². The molecule has 0 radical (unpaired) electrons. The second-order valence-corrected chi connectivity index (χ2v) is 5.62. The van der Waals surface area contributed by atoms with E-state index in [1.165, 1.54) is 0 Å². The summed E-state index contributed by atoms with van der Waals surface area (Å²) < 4.78 is 21.5. The smallest absolute Gasteiger partial charge is 0.203 e. The molecule has 28 heavy (non-hydrogen) atoms. The van der Waals surface area contributed by atoms with Crippen molar-refractivity contribution < 1.29 is 18.9 Å². The highest BCUT2D eigenvalue weighted by Crippen LogP contribution is 2.39. The minimum absolute atomic E-state index is 0. The highest BCUT2D eigenvalue weighted by atomic mass is 127. The molecule has 0 saturated heterocycles. The van der Waals surface area contributed by atoms with Gasteiger partial charge in [0.15, 0.2) is 17.5 Å². The molecule has 2 N–H and O–H groups in total. The van der Waals surface area contributed by atoms with E-state index < -0.39 is 0 Å². The fourth-order valence-corrected chi connectivity index (χ4v) is 2.67. The second kappa shape index (κ2) is 12.2. The first kappa shape index (κ1) is 23.7. The van der Waals surface area contributed by atoms with Crippen molar-refractivity contribution in [2.75, 3.05) is 35.5 Å². The van der Waals surface area contributed by atoms with Gasteiger partial charge in [-0.2, -0.15) is 0 Å². The van der Waals surface area contributed by atoms with Gasteiger partial charge >= 0.3 is 0 Å². The van der Waals surface area contributed by atoms with Crippen LogP contribution in [0.15, 0.2) is 41.4 Å². The van der Waals surface area contributed by atoms with Crippen LogP contribution in [-0.4, -0.2) is 41.4 Å². The van der Waals surface area contributed by atoms with Crippen LogP contribution in [0.2, 0.25) is 0 Å². The number of methoxy groups -OCH3 is 4. The summed E-state index contributed by atoms with van der Waals surface area (Å²) in [5.41, 5.74) is 2.03. The number of aliphatic imine (C=N–C) groups is 1. The fourth-order valence-electron chi connectivity index (χ4n) is 2.67. The van der Waals surface area contributed by atoms with Crippen LogP contribution in [0, 0.1) is 0 Å². The van der Waals surface area contributed by atoms with Crippen LogP contribution >= 0.6 is 24.0 Å². The summed E-state index contributed by atoms with van der Waals surface area (Å²) in [6.45, 7) is 1.14. The maximum absolute atomic E-state index is 5.51. The van der Waals surface area contributed by atoms with Crippen molar-refractivity contribution in [3.8, 4) is 23.0 Å². The summed E-state index contributed by atoms with van der Waals surface area (Å²) in [5.74, 6) is 3.33. The van der Waals surface area contributed by atoms with Crippen LogP contribution in [0.25, 0.3) is 0 Å². The lowest BCUT2D eigenvalue weighted by molar-refractivity contribution is 0.322. The number of nitrogens with zero attached hydrogens (tertiary/aromatic N) is 1. The molecule has 154 valence electrons. The van der Waals surface area contributed by atoms with E-state index in [9.17, 15) is 0 Å². The molecule has 0 amide bonds. The second-order valence-electron chi connectivity index (χ2n) is 5.62. The van der Waals surface area contributed by atoms with Gasteiger partial charge in [0.1, 0.15) is 5.75 Å². The van der Waals surface area contributed by atoms with E-state index in [0.29, 0.717) is 36.3 Å². The minimum Gasteiger partial charge on any atom is -0.497 e. The zero-order valence-corrected chi connectivity index (χ0v) is 19.2. The summed E-state index contributed by atoms with van der Waals surface area (Å²) in [6.07, 6.45) is 0. The Kier molecular flexibility index (Phi) is 10.3. The third-order valence-corrected chi connectivity index (χ3v) is 4.05. The number of hydrogen-bond donors (Lipinski definition) is 2. The van der Waals surface area contributed by atoms with E-state index >= 15 is 0 Å². The van der Waals surface area contributed by atoms with Crippen LogP contribution in [0.3, 0.4) is 0 Å². The Labute approximate surface area is 183 Å². The lowest BCUT2D eigenvalue weighted by Crippen LogP contribution is -2.36. The molecule has 0 fully saturated rings. The monoisotopic (exact) mass is 501 g/mol. The molecule has 2 aromatic rings. The topological polar surface area (TPSA) is 73.3 Å². The predicted octanol–water partition coefficient (Wildman–Crippen LogP) is 3.20. The van der Waals surface area contributed by atoms with Crippen LogP contribution in [-0.2, 0) is 13.1 Å². The van der Waals surface area contributed by atoms with Gasteiger partial charge < -0.3 is 29.6 Å². The summed E-state index contributed by atoms with van der Waals surface area (Å²) in [5, 5.41) is 6.56. The van der Waals surface area contributed by atoms with Gasteiger partial charge in [-0.3, -0.25) is 4.99 Å². The van der Waals surface area contributed by atoms with E-state index in [1.54, 1.807) is 35.5 Å². The predicted molar refractivity (Wildman–Crippen MR) is 122 cm³/mol. The average molecular weight is 501 g/mol. The first-order valence-electron chi connectivity index (χ1n) is 8.52. The average Bonchev–Trinajstić information content (AvgIpc) is 2.73. The van der Waals surface area contributed by atoms with Gasteiger partial charge in [0, 0.05) is 25.7 Å². The van der Waals surface area contributed by atoms with Crippen molar-refractivity contribution in [2.24, 2.45) is 4.99 Å². The van der Waals surface area contributed by atoms with Crippen molar-refractivity contribution in [1.82, 2.24) is 10.6 Å². The number of nitrogens with one attached hydrogen (secondary N) is 2. The number of halogens is 1. The summed E-state index contributed by atoms with van der Waals surface area (Å²) in [4.78, 5) is 4.26. The molecule has 0 spiro atoms. The molecule has 0 saturated carbocycles. The molecule has 0 aromatic heterocycles. The Morgan fingerprint density at radius 2 is 1.57 bits per heavy atom. The first-order chi connectivity index (χ1) is 13.2. The maximum Gasteiger partial charge on any atom is 0.203 e. The Morgan fingerprint density at radius 1 is 0.857 bits per heavy atom. The summed E-state index contributed by atoms with van der Waals surface area (Å²) >= 11 is 0. The summed E-state index contributed by atoms with van der Waals surface area (Å²) in [7, 11) is 8.18. The zero-order valence-electron chi connectivity index (χ0n) is 16.9. The van der Waals surface area contributed by atoms with Crippen molar-refractivity contribution in [2.45, 2.75) is 13.1 Å². The number of ether oxygens (including phenoxy) is 4. The van der Waals surface area contributed by atoms with Crippen LogP contribution in [0.1, 0.15) is 11.1 Å². The lowest BCUT2D eigenvalue weighted by Gasteiger charge is -2.17. The largest absolute Gasteiger partial charge is 0.497 e. The van der Waals surface area contributed by atoms with Gasteiger partial charge in [-0.15, -0.1) is 24.0 Å². The van der Waals surface area contributed by atoms with Crippen LogP contribution < -0.4 is 29.6 Å². The van der Waals surface area contributed by atoms with E-state index in [4.69, 9.17) is 18.9 Å². The van der Waals surface area contributed by atoms with E-state index in [0.717, 1.165) is 16.9 Å². The molecule has 0 aliphatic carbocycles. The highest BCUT2D eigenvalue weighted by Gasteiger charge is 2.15. The molecule has 0 unspecified atom stereocenters. The number of guanidine groups is 1. The van der Waals surface area contributed by atoms with E-state index in [2.05, 4.69) is 15.6 Å². The highest BCUT2D eigenvalue weighted by molar-refractivity contribution is 14.0. The number of benzene rings is 2. The molecular weight excluding hydrogens is 473 g/mol. The summed E-state index contributed by atoms with van der Waals surface area (Å²) in [6, 6.07) is 11.7. The molecule has 0 heterocycles. The quantitative estimate of drug-likeness (QED) is 0.329. The SMILES string of the molecule is CN=C(NCc1cccc(OC)c1)NCc1ccc(OC)c(OC)c1OC.I. The molecule has 0 bridgehead atoms. The third-order valence-electron chi connectivity index (χ3n) is 4.05. The van der Waals surface area contributed by atoms with E-state index in [-0.39, 0.29) is 24.0 Å². The molecule has 8 heteroatoms. The van der Waals surface area contributed by atoms with Crippen LogP contribution in [0.5, 0.6) is 23.0 Å². The minimum atomic E-state index is 0. The van der Waals surface area contributed by atoms with Gasteiger partial charge in [-0.1, -0.05) is 12.1 Å². The van der Waals surface area contributed by atoms with Crippen molar-refractivity contribution in [1.29, 1.82) is 0 Å². The fraction of sp³-hybridized carbons (Fsp3) is 0.350. The molecular formula is C20H28IN3O4. The number of hydrogen-bond acceptors (Lipinski definition) is 5. The molecule has 0 aliphatic heterocycles. The Hall–Kier alpha value is -2.36. The molecule has 2 rings (SSSR count). The molecule has 7 nitrogen and oxygen atoms in total.